The first-order chi connectivity index (χ1) is 8.70. The van der Waals surface area contributed by atoms with Gasteiger partial charge in [0.25, 0.3) is 0 Å². The van der Waals surface area contributed by atoms with Gasteiger partial charge in [-0.3, -0.25) is 0 Å². The van der Waals surface area contributed by atoms with E-state index in [0.29, 0.717) is 0 Å². The van der Waals surface area contributed by atoms with Crippen molar-refractivity contribution in [2.75, 3.05) is 14.2 Å². The van der Waals surface area contributed by atoms with E-state index in [1.165, 1.54) is 38.5 Å². The van der Waals surface area contributed by atoms with Crippen molar-refractivity contribution in [2.24, 2.45) is 5.92 Å². The predicted octanol–water partition coefficient (Wildman–Crippen LogP) is 4.71. The van der Waals surface area contributed by atoms with Gasteiger partial charge in [-0.2, -0.15) is 0 Å². The highest BCUT2D eigenvalue weighted by Crippen LogP contribution is 2.29. The molecule has 0 N–H and O–H groups in total. The summed E-state index contributed by atoms with van der Waals surface area (Å²) >= 11 is 0. The number of methoxy groups -OCH3 is 2. The first kappa shape index (κ1) is 17.4. The van der Waals surface area contributed by atoms with Crippen LogP contribution in [0.5, 0.6) is 0 Å². The average Bonchev–Trinajstić information content (AvgIpc) is 2.42. The minimum Gasteiger partial charge on any atom is -0.349 e. The maximum absolute atomic E-state index is 5.47. The number of hydrogen-bond donors (Lipinski definition) is 0. The number of unbranched alkanes of at least 4 members (excludes halogenated alkanes) is 5. The highest BCUT2D eigenvalue weighted by molar-refractivity contribution is 5.01. The number of hydrogen-bond acceptors (Lipinski definition) is 2. The van der Waals surface area contributed by atoms with E-state index in [1.54, 1.807) is 20.3 Å². The summed E-state index contributed by atoms with van der Waals surface area (Å²) in [6.45, 7) is 9.95. The Labute approximate surface area is 113 Å². The van der Waals surface area contributed by atoms with Crippen LogP contribution in [-0.2, 0) is 9.47 Å². The maximum Gasteiger partial charge on any atom is 0.193 e. The largest absolute Gasteiger partial charge is 0.349 e. The van der Waals surface area contributed by atoms with Crippen molar-refractivity contribution in [3.63, 3.8) is 0 Å². The molecule has 0 spiro atoms. The molecular weight excluding hydrogens is 224 g/mol. The van der Waals surface area contributed by atoms with Gasteiger partial charge >= 0.3 is 0 Å². The Hall–Kier alpha value is -0.600. The molecule has 0 fully saturated rings. The van der Waals surface area contributed by atoms with E-state index in [0.717, 1.165) is 6.42 Å². The van der Waals surface area contributed by atoms with E-state index in [-0.39, 0.29) is 5.92 Å². The monoisotopic (exact) mass is 254 g/mol. The highest BCUT2D eigenvalue weighted by atomic mass is 16.7. The zero-order chi connectivity index (χ0) is 13.9. The van der Waals surface area contributed by atoms with Crippen LogP contribution in [0.15, 0.2) is 25.3 Å². The van der Waals surface area contributed by atoms with Gasteiger partial charge < -0.3 is 9.47 Å². The van der Waals surface area contributed by atoms with Crippen LogP contribution in [0, 0.1) is 5.92 Å². The third-order valence-corrected chi connectivity index (χ3v) is 3.59. The molecule has 0 amide bonds. The number of rotatable bonds is 12. The van der Waals surface area contributed by atoms with Crippen LogP contribution >= 0.6 is 0 Å². The molecule has 1 atom stereocenters. The van der Waals surface area contributed by atoms with Gasteiger partial charge in [-0.15, -0.1) is 6.58 Å². The first-order valence-corrected chi connectivity index (χ1v) is 7.07. The van der Waals surface area contributed by atoms with Crippen LogP contribution in [0.3, 0.4) is 0 Å². The lowest BCUT2D eigenvalue weighted by Gasteiger charge is -2.34. The molecule has 0 aliphatic carbocycles. The van der Waals surface area contributed by atoms with Crippen LogP contribution in [0.25, 0.3) is 0 Å². The maximum atomic E-state index is 5.47. The van der Waals surface area contributed by atoms with Crippen LogP contribution in [0.2, 0.25) is 0 Å². The van der Waals surface area contributed by atoms with Gasteiger partial charge in [0.2, 0.25) is 0 Å². The summed E-state index contributed by atoms with van der Waals surface area (Å²) in [6, 6.07) is 0. The summed E-state index contributed by atoms with van der Waals surface area (Å²) in [5, 5.41) is 0. The molecule has 0 rings (SSSR count). The SMILES string of the molecule is C=CC(CCCCCCCC)C(C=C)(OC)OC. The van der Waals surface area contributed by atoms with Crippen molar-refractivity contribution in [2.45, 2.75) is 57.7 Å². The zero-order valence-corrected chi connectivity index (χ0v) is 12.4. The van der Waals surface area contributed by atoms with Gasteiger partial charge in [-0.1, -0.05) is 58.1 Å². The Balaban J connectivity index is 4.09. The molecule has 0 saturated heterocycles. The third kappa shape index (κ3) is 5.36. The fraction of sp³-hybridized carbons (Fsp3) is 0.750. The lowest BCUT2D eigenvalue weighted by molar-refractivity contribution is -0.195. The third-order valence-electron chi connectivity index (χ3n) is 3.59. The zero-order valence-electron chi connectivity index (χ0n) is 12.4. The molecule has 0 aliphatic heterocycles. The van der Waals surface area contributed by atoms with Crippen LogP contribution in [-0.4, -0.2) is 20.0 Å². The first-order valence-electron chi connectivity index (χ1n) is 7.07. The molecule has 2 nitrogen and oxygen atoms in total. The van der Waals surface area contributed by atoms with Gasteiger partial charge in [-0.05, 0) is 12.5 Å². The van der Waals surface area contributed by atoms with Gasteiger partial charge in [0.1, 0.15) is 0 Å². The predicted molar refractivity (Wildman–Crippen MR) is 78.6 cm³/mol. The molecule has 0 aromatic heterocycles. The van der Waals surface area contributed by atoms with Gasteiger partial charge in [0.15, 0.2) is 5.79 Å². The Kier molecular flexibility index (Phi) is 9.99. The standard InChI is InChI=1S/C16H30O2/c1-6-9-10-11-12-13-14-15(7-2)16(8-3,17-4)18-5/h7-8,15H,2-3,6,9-14H2,1,4-5H3. The van der Waals surface area contributed by atoms with Crippen molar-refractivity contribution >= 4 is 0 Å². The molecule has 2 heteroatoms. The van der Waals surface area contributed by atoms with Crippen molar-refractivity contribution in [3.8, 4) is 0 Å². The molecular formula is C16H30O2. The highest BCUT2D eigenvalue weighted by Gasteiger charge is 2.33. The minimum absolute atomic E-state index is 0.163. The second-order valence-electron chi connectivity index (χ2n) is 4.73. The van der Waals surface area contributed by atoms with Crippen molar-refractivity contribution in [1.82, 2.24) is 0 Å². The van der Waals surface area contributed by atoms with Crippen molar-refractivity contribution in [1.29, 1.82) is 0 Å². The molecule has 0 aromatic carbocycles. The van der Waals surface area contributed by atoms with Crippen LogP contribution in [0.1, 0.15) is 51.9 Å². The Morgan fingerprint density at radius 2 is 1.56 bits per heavy atom. The summed E-state index contributed by atoms with van der Waals surface area (Å²) in [5.41, 5.74) is 0. The average molecular weight is 254 g/mol. The molecule has 1 unspecified atom stereocenters. The second kappa shape index (κ2) is 10.3. The van der Waals surface area contributed by atoms with Gasteiger partial charge in [-0.25, -0.2) is 0 Å². The molecule has 0 aliphatic rings. The molecule has 0 bridgehead atoms. The van der Waals surface area contributed by atoms with E-state index in [1.807, 2.05) is 6.08 Å². The lowest BCUT2D eigenvalue weighted by Crippen LogP contribution is -2.39. The summed E-state index contributed by atoms with van der Waals surface area (Å²) in [4.78, 5) is 0. The quantitative estimate of drug-likeness (QED) is 0.285. The van der Waals surface area contributed by atoms with E-state index < -0.39 is 5.79 Å². The normalized spacial score (nSPS) is 13.3. The molecule has 18 heavy (non-hydrogen) atoms. The summed E-state index contributed by atoms with van der Waals surface area (Å²) < 4.78 is 10.9. The summed E-state index contributed by atoms with van der Waals surface area (Å²) in [7, 11) is 3.31. The van der Waals surface area contributed by atoms with E-state index in [4.69, 9.17) is 9.47 Å². The smallest absolute Gasteiger partial charge is 0.193 e. The van der Waals surface area contributed by atoms with Crippen molar-refractivity contribution in [3.05, 3.63) is 25.3 Å². The van der Waals surface area contributed by atoms with Gasteiger partial charge in [0.05, 0.1) is 0 Å². The Morgan fingerprint density at radius 3 is 2.00 bits per heavy atom. The molecule has 0 radical (unpaired) electrons. The lowest BCUT2D eigenvalue weighted by atomic mass is 9.91. The van der Waals surface area contributed by atoms with E-state index >= 15 is 0 Å². The fourth-order valence-corrected chi connectivity index (χ4v) is 2.33. The second-order valence-corrected chi connectivity index (χ2v) is 4.73. The summed E-state index contributed by atoms with van der Waals surface area (Å²) in [6.07, 6.45) is 12.4. The van der Waals surface area contributed by atoms with Crippen LogP contribution < -0.4 is 0 Å². The van der Waals surface area contributed by atoms with E-state index in [2.05, 4.69) is 20.1 Å². The Morgan fingerprint density at radius 1 is 1.00 bits per heavy atom. The minimum atomic E-state index is -0.717. The van der Waals surface area contributed by atoms with Gasteiger partial charge in [0, 0.05) is 20.1 Å². The topological polar surface area (TPSA) is 18.5 Å². The van der Waals surface area contributed by atoms with E-state index in [9.17, 15) is 0 Å². The Bertz CT molecular complexity index is 219. The molecule has 106 valence electrons. The van der Waals surface area contributed by atoms with Crippen LogP contribution in [0.4, 0.5) is 0 Å². The number of ether oxygens (including phenoxy) is 2. The molecule has 0 heterocycles. The fourth-order valence-electron chi connectivity index (χ4n) is 2.33. The van der Waals surface area contributed by atoms with Crippen molar-refractivity contribution < 1.29 is 9.47 Å². The molecule has 0 saturated carbocycles. The molecule has 0 aromatic rings. The summed E-state index contributed by atoms with van der Waals surface area (Å²) in [5.74, 6) is -0.554.